The molecule has 118 valence electrons. The Bertz CT molecular complexity index is 575. The molecule has 0 aliphatic carbocycles. The van der Waals surface area contributed by atoms with Gasteiger partial charge in [0, 0.05) is 19.3 Å². The minimum atomic E-state index is -3.83. The van der Waals surface area contributed by atoms with E-state index in [-0.39, 0.29) is 29.7 Å². The van der Waals surface area contributed by atoms with E-state index in [1.807, 2.05) is 13.8 Å². The molecule has 1 rings (SSSR count). The topological polar surface area (TPSA) is 105 Å². The second-order valence-corrected chi connectivity index (χ2v) is 6.48. The lowest BCUT2D eigenvalue weighted by atomic mass is 10.4. The highest BCUT2D eigenvalue weighted by atomic mass is 32.2. The average molecular weight is 314 g/mol. The number of carbonyl (C=O) groups excluding carboxylic acids is 1. The molecule has 0 radical (unpaired) electrons. The van der Waals surface area contributed by atoms with Crippen molar-refractivity contribution < 1.29 is 13.2 Å². The summed E-state index contributed by atoms with van der Waals surface area (Å²) in [5.74, 6) is -0.385. The van der Waals surface area contributed by atoms with E-state index in [9.17, 15) is 13.2 Å². The molecule has 0 saturated heterocycles. The minimum absolute atomic E-state index is 0.0624. The fraction of sp³-hybridized carbons (Fsp3) is 0.538. The van der Waals surface area contributed by atoms with Gasteiger partial charge in [0.15, 0.2) is 0 Å². The summed E-state index contributed by atoms with van der Waals surface area (Å²) in [4.78, 5) is 15.5. The van der Waals surface area contributed by atoms with Crippen LogP contribution >= 0.6 is 0 Å². The number of aromatic nitrogens is 1. The zero-order valence-corrected chi connectivity index (χ0v) is 13.2. The lowest BCUT2D eigenvalue weighted by Gasteiger charge is -2.21. The molecule has 8 heteroatoms. The normalized spacial score (nSPS) is 11.6. The first-order valence-corrected chi connectivity index (χ1v) is 8.34. The quantitative estimate of drug-likeness (QED) is 0.730. The van der Waals surface area contributed by atoms with Crippen molar-refractivity contribution in [2.24, 2.45) is 0 Å². The molecule has 1 aromatic rings. The predicted octanol–water partition coefficient (Wildman–Crippen LogP) is 0.591. The van der Waals surface area contributed by atoms with Gasteiger partial charge in [-0.2, -0.15) is 4.31 Å². The van der Waals surface area contributed by atoms with Crippen molar-refractivity contribution in [2.75, 3.05) is 25.4 Å². The Morgan fingerprint density at radius 2 is 2.10 bits per heavy atom. The zero-order valence-electron chi connectivity index (χ0n) is 12.4. The molecule has 1 aromatic heterocycles. The summed E-state index contributed by atoms with van der Waals surface area (Å²) in [5.41, 5.74) is 5.63. The van der Waals surface area contributed by atoms with Gasteiger partial charge in [-0.1, -0.05) is 13.8 Å². The summed E-state index contributed by atoms with van der Waals surface area (Å²) in [7, 11) is -3.83. The Morgan fingerprint density at radius 3 is 2.67 bits per heavy atom. The lowest BCUT2D eigenvalue weighted by molar-refractivity contribution is -0.121. The number of nitrogen functional groups attached to an aromatic ring is 1. The average Bonchev–Trinajstić information content (AvgIpc) is 2.45. The number of sulfonamides is 1. The zero-order chi connectivity index (χ0) is 15.9. The molecule has 0 aromatic carbocycles. The second-order valence-electron chi connectivity index (χ2n) is 4.58. The Balaban J connectivity index is 2.98. The molecule has 0 aliphatic heterocycles. The van der Waals surface area contributed by atoms with Crippen molar-refractivity contribution in [3.05, 3.63) is 18.3 Å². The van der Waals surface area contributed by atoms with Crippen LogP contribution in [-0.2, 0) is 14.8 Å². The van der Waals surface area contributed by atoms with E-state index in [0.29, 0.717) is 13.0 Å². The van der Waals surface area contributed by atoms with Crippen molar-refractivity contribution in [3.8, 4) is 0 Å². The Hall–Kier alpha value is -1.67. The number of hydrogen-bond donors (Lipinski definition) is 2. The van der Waals surface area contributed by atoms with Crippen molar-refractivity contribution in [1.82, 2.24) is 14.6 Å². The van der Waals surface area contributed by atoms with Crippen molar-refractivity contribution in [2.45, 2.75) is 31.6 Å². The summed E-state index contributed by atoms with van der Waals surface area (Å²) in [6, 6.07) is 2.90. The molecule has 0 bridgehead atoms. The van der Waals surface area contributed by atoms with Gasteiger partial charge in [-0.05, 0) is 25.0 Å². The lowest BCUT2D eigenvalue weighted by Crippen LogP contribution is -2.41. The maximum Gasteiger partial charge on any atom is 0.247 e. The highest BCUT2D eigenvalue weighted by Gasteiger charge is 2.28. The fourth-order valence-corrected chi connectivity index (χ4v) is 3.33. The first-order valence-electron chi connectivity index (χ1n) is 6.90. The van der Waals surface area contributed by atoms with Gasteiger partial charge in [0.25, 0.3) is 0 Å². The number of anilines is 1. The summed E-state index contributed by atoms with van der Waals surface area (Å²) in [6.45, 7) is 4.32. The molecular weight excluding hydrogens is 292 g/mol. The first-order chi connectivity index (χ1) is 9.93. The summed E-state index contributed by atoms with van der Waals surface area (Å²) >= 11 is 0. The van der Waals surface area contributed by atoms with E-state index in [1.165, 1.54) is 18.3 Å². The standard InChI is InChI=1S/C13H22N4O3S/c1-3-7-15-12(18)10-17(9-4-2)21(19,20)11-6-5-8-16-13(11)14/h5-6,8H,3-4,7,9-10H2,1-2H3,(H2,14,16)(H,15,18). The number of nitrogens with two attached hydrogens (primary N) is 1. The highest BCUT2D eigenvalue weighted by Crippen LogP contribution is 2.20. The molecule has 0 saturated carbocycles. The monoisotopic (exact) mass is 314 g/mol. The molecule has 1 amide bonds. The van der Waals surface area contributed by atoms with Gasteiger partial charge in [-0.3, -0.25) is 4.79 Å². The van der Waals surface area contributed by atoms with Crippen LogP contribution in [0.5, 0.6) is 0 Å². The van der Waals surface area contributed by atoms with Crippen LogP contribution in [0.2, 0.25) is 0 Å². The molecule has 0 aliphatic rings. The van der Waals surface area contributed by atoms with Crippen LogP contribution in [0, 0.1) is 0 Å². The van der Waals surface area contributed by atoms with Gasteiger partial charge < -0.3 is 11.1 Å². The van der Waals surface area contributed by atoms with Gasteiger partial charge in [-0.15, -0.1) is 0 Å². The van der Waals surface area contributed by atoms with E-state index in [4.69, 9.17) is 5.73 Å². The van der Waals surface area contributed by atoms with Crippen molar-refractivity contribution >= 4 is 21.7 Å². The van der Waals surface area contributed by atoms with E-state index in [0.717, 1.165) is 10.7 Å². The maximum absolute atomic E-state index is 12.6. The smallest absolute Gasteiger partial charge is 0.247 e. The van der Waals surface area contributed by atoms with E-state index >= 15 is 0 Å². The number of hydrogen-bond acceptors (Lipinski definition) is 5. The number of amides is 1. The Morgan fingerprint density at radius 1 is 1.38 bits per heavy atom. The van der Waals surface area contributed by atoms with Crippen molar-refractivity contribution in [3.63, 3.8) is 0 Å². The summed E-state index contributed by atoms with van der Waals surface area (Å²) in [5, 5.41) is 2.67. The molecule has 7 nitrogen and oxygen atoms in total. The molecular formula is C13H22N4O3S. The summed E-state index contributed by atoms with van der Waals surface area (Å²) < 4.78 is 26.3. The number of pyridine rings is 1. The van der Waals surface area contributed by atoms with Crippen LogP contribution in [0.4, 0.5) is 5.82 Å². The third kappa shape index (κ3) is 4.68. The molecule has 0 atom stereocenters. The SMILES string of the molecule is CCCNC(=O)CN(CCC)S(=O)(=O)c1cccnc1N. The van der Waals surface area contributed by atoms with Gasteiger partial charge in [0.05, 0.1) is 6.54 Å². The van der Waals surface area contributed by atoms with Gasteiger partial charge >= 0.3 is 0 Å². The summed E-state index contributed by atoms with van der Waals surface area (Å²) in [6.07, 6.45) is 2.81. The van der Waals surface area contributed by atoms with Crippen LogP contribution in [0.3, 0.4) is 0 Å². The predicted molar refractivity (Wildman–Crippen MR) is 81.0 cm³/mol. The number of nitrogens with one attached hydrogen (secondary N) is 1. The fourth-order valence-electron chi connectivity index (χ4n) is 1.77. The van der Waals surface area contributed by atoms with Crippen LogP contribution < -0.4 is 11.1 Å². The van der Waals surface area contributed by atoms with E-state index < -0.39 is 10.0 Å². The van der Waals surface area contributed by atoms with Crippen LogP contribution in [-0.4, -0.2) is 43.2 Å². The molecule has 1 heterocycles. The number of rotatable bonds is 8. The maximum atomic E-state index is 12.6. The Kier molecular flexibility index (Phi) is 6.57. The van der Waals surface area contributed by atoms with Gasteiger partial charge in [-0.25, -0.2) is 13.4 Å². The van der Waals surface area contributed by atoms with Crippen molar-refractivity contribution in [1.29, 1.82) is 0 Å². The molecule has 0 fully saturated rings. The van der Waals surface area contributed by atoms with Crippen LogP contribution in [0.25, 0.3) is 0 Å². The third-order valence-corrected chi connectivity index (χ3v) is 4.68. The molecule has 0 spiro atoms. The number of carbonyl (C=O) groups is 1. The third-order valence-electron chi connectivity index (χ3n) is 2.78. The van der Waals surface area contributed by atoms with E-state index in [2.05, 4.69) is 10.3 Å². The van der Waals surface area contributed by atoms with Crippen LogP contribution in [0.15, 0.2) is 23.2 Å². The largest absolute Gasteiger partial charge is 0.383 e. The molecule has 3 N–H and O–H groups in total. The molecule has 0 unspecified atom stereocenters. The van der Waals surface area contributed by atoms with Crippen LogP contribution in [0.1, 0.15) is 26.7 Å². The minimum Gasteiger partial charge on any atom is -0.383 e. The number of nitrogens with zero attached hydrogens (tertiary/aromatic N) is 2. The second kappa shape index (κ2) is 7.94. The molecule has 21 heavy (non-hydrogen) atoms. The highest BCUT2D eigenvalue weighted by molar-refractivity contribution is 7.89. The Labute approximate surface area is 125 Å². The van der Waals surface area contributed by atoms with Gasteiger partial charge in [0.1, 0.15) is 10.7 Å². The van der Waals surface area contributed by atoms with Gasteiger partial charge in [0.2, 0.25) is 15.9 Å². The van der Waals surface area contributed by atoms with E-state index in [1.54, 1.807) is 0 Å². The first kappa shape index (κ1) is 17.4.